The fourth-order valence-corrected chi connectivity index (χ4v) is 1.90. The Kier molecular flexibility index (Phi) is 4.20. The Morgan fingerprint density at radius 1 is 1.54 bits per heavy atom. The van der Waals surface area contributed by atoms with Crippen LogP contribution in [0.2, 0.25) is 0 Å². The number of nitrogens with one attached hydrogen (secondary N) is 1. The molecule has 3 nitrogen and oxygen atoms in total. The number of aliphatic hydroxyl groups is 1. The van der Waals surface area contributed by atoms with Gasteiger partial charge in [0.15, 0.2) is 0 Å². The van der Waals surface area contributed by atoms with Crippen molar-refractivity contribution in [3.05, 3.63) is 0 Å². The Labute approximate surface area is 79.8 Å². The van der Waals surface area contributed by atoms with Crippen LogP contribution in [0.4, 0.5) is 0 Å². The van der Waals surface area contributed by atoms with Gasteiger partial charge in [-0.05, 0) is 19.8 Å². The fraction of sp³-hybridized carbons (Fsp3) is 0.900. The van der Waals surface area contributed by atoms with Crippen molar-refractivity contribution in [3.8, 4) is 6.07 Å². The van der Waals surface area contributed by atoms with Crippen LogP contribution in [0.1, 0.15) is 32.6 Å². The molecule has 0 radical (unpaired) electrons. The molecule has 1 fully saturated rings. The second-order valence-electron chi connectivity index (χ2n) is 3.88. The van der Waals surface area contributed by atoms with Crippen molar-refractivity contribution in [2.75, 3.05) is 6.61 Å². The number of hydrogen-bond acceptors (Lipinski definition) is 3. The minimum atomic E-state index is 0.110. The molecule has 3 unspecified atom stereocenters. The molecule has 0 heterocycles. The van der Waals surface area contributed by atoms with E-state index in [1.165, 1.54) is 12.8 Å². The largest absolute Gasteiger partial charge is 0.395 e. The maximum absolute atomic E-state index is 8.89. The van der Waals surface area contributed by atoms with Crippen LogP contribution in [0.25, 0.3) is 0 Å². The highest BCUT2D eigenvalue weighted by molar-refractivity contribution is 4.95. The number of hydrogen-bond donors (Lipinski definition) is 2. The summed E-state index contributed by atoms with van der Waals surface area (Å²) < 4.78 is 0. The summed E-state index contributed by atoms with van der Waals surface area (Å²) >= 11 is 0. The van der Waals surface area contributed by atoms with Gasteiger partial charge >= 0.3 is 0 Å². The SMILES string of the molecule is CC(CO)NC1CCCCC1C#N. The second-order valence-corrected chi connectivity index (χ2v) is 3.88. The van der Waals surface area contributed by atoms with E-state index in [1.54, 1.807) is 0 Å². The van der Waals surface area contributed by atoms with Crippen molar-refractivity contribution in [2.45, 2.75) is 44.7 Å². The Hall–Kier alpha value is -0.590. The first-order valence-corrected chi connectivity index (χ1v) is 5.04. The van der Waals surface area contributed by atoms with Gasteiger partial charge in [-0.3, -0.25) is 0 Å². The van der Waals surface area contributed by atoms with Crippen LogP contribution in [-0.2, 0) is 0 Å². The Morgan fingerprint density at radius 3 is 2.85 bits per heavy atom. The minimum absolute atomic E-state index is 0.110. The number of aliphatic hydroxyl groups excluding tert-OH is 1. The lowest BCUT2D eigenvalue weighted by Gasteiger charge is -2.29. The van der Waals surface area contributed by atoms with E-state index in [9.17, 15) is 0 Å². The molecule has 0 aromatic carbocycles. The molecule has 0 spiro atoms. The van der Waals surface area contributed by atoms with E-state index in [-0.39, 0.29) is 18.6 Å². The summed E-state index contributed by atoms with van der Waals surface area (Å²) in [5.74, 6) is 0.141. The Balaban J connectivity index is 2.41. The summed E-state index contributed by atoms with van der Waals surface area (Å²) in [4.78, 5) is 0. The molecule has 1 rings (SSSR count). The van der Waals surface area contributed by atoms with Crippen LogP contribution in [0.15, 0.2) is 0 Å². The van der Waals surface area contributed by atoms with Crippen molar-refractivity contribution < 1.29 is 5.11 Å². The third-order valence-corrected chi connectivity index (χ3v) is 2.70. The smallest absolute Gasteiger partial charge is 0.0672 e. The average molecular weight is 182 g/mol. The van der Waals surface area contributed by atoms with Crippen molar-refractivity contribution in [1.82, 2.24) is 5.32 Å². The van der Waals surface area contributed by atoms with E-state index in [2.05, 4.69) is 11.4 Å². The molecule has 0 aliphatic heterocycles. The maximum Gasteiger partial charge on any atom is 0.0672 e. The highest BCUT2D eigenvalue weighted by Crippen LogP contribution is 2.23. The molecule has 0 bridgehead atoms. The van der Waals surface area contributed by atoms with E-state index >= 15 is 0 Å². The molecule has 0 saturated heterocycles. The van der Waals surface area contributed by atoms with Crippen LogP contribution >= 0.6 is 0 Å². The summed E-state index contributed by atoms with van der Waals surface area (Å²) in [5, 5.41) is 21.1. The summed E-state index contributed by atoms with van der Waals surface area (Å²) in [6.45, 7) is 2.09. The summed E-state index contributed by atoms with van der Waals surface area (Å²) in [5.41, 5.74) is 0. The van der Waals surface area contributed by atoms with Gasteiger partial charge in [0.25, 0.3) is 0 Å². The van der Waals surface area contributed by atoms with Gasteiger partial charge in [0.2, 0.25) is 0 Å². The van der Waals surface area contributed by atoms with Crippen molar-refractivity contribution in [2.24, 2.45) is 5.92 Å². The molecular weight excluding hydrogens is 164 g/mol. The van der Waals surface area contributed by atoms with E-state index < -0.39 is 0 Å². The lowest BCUT2D eigenvalue weighted by Crippen LogP contribution is -2.44. The maximum atomic E-state index is 8.89. The molecule has 0 amide bonds. The van der Waals surface area contributed by atoms with E-state index in [0.29, 0.717) is 6.04 Å². The zero-order chi connectivity index (χ0) is 9.68. The quantitative estimate of drug-likeness (QED) is 0.685. The lowest BCUT2D eigenvalue weighted by molar-refractivity contribution is 0.214. The number of nitrogens with zero attached hydrogens (tertiary/aromatic N) is 1. The van der Waals surface area contributed by atoms with Crippen LogP contribution < -0.4 is 5.32 Å². The van der Waals surface area contributed by atoms with Crippen molar-refractivity contribution in [1.29, 1.82) is 5.26 Å². The van der Waals surface area contributed by atoms with Gasteiger partial charge in [-0.2, -0.15) is 5.26 Å². The van der Waals surface area contributed by atoms with E-state index in [1.807, 2.05) is 6.92 Å². The third kappa shape index (κ3) is 2.98. The third-order valence-electron chi connectivity index (χ3n) is 2.70. The first kappa shape index (κ1) is 10.5. The van der Waals surface area contributed by atoms with Crippen molar-refractivity contribution >= 4 is 0 Å². The molecule has 2 N–H and O–H groups in total. The molecule has 13 heavy (non-hydrogen) atoms. The molecule has 1 aliphatic rings. The molecule has 3 heteroatoms. The van der Waals surface area contributed by atoms with Crippen molar-refractivity contribution in [3.63, 3.8) is 0 Å². The Morgan fingerprint density at radius 2 is 2.23 bits per heavy atom. The van der Waals surface area contributed by atoms with Crippen LogP contribution in [0.5, 0.6) is 0 Å². The monoisotopic (exact) mass is 182 g/mol. The van der Waals surface area contributed by atoms with E-state index in [4.69, 9.17) is 10.4 Å². The molecule has 74 valence electrons. The van der Waals surface area contributed by atoms with Gasteiger partial charge in [0.05, 0.1) is 18.6 Å². The average Bonchev–Trinajstić information content (AvgIpc) is 2.18. The fourth-order valence-electron chi connectivity index (χ4n) is 1.90. The van der Waals surface area contributed by atoms with Gasteiger partial charge in [-0.15, -0.1) is 0 Å². The molecule has 1 saturated carbocycles. The lowest BCUT2D eigenvalue weighted by atomic mass is 9.85. The highest BCUT2D eigenvalue weighted by atomic mass is 16.3. The molecule has 1 aliphatic carbocycles. The Bertz CT molecular complexity index is 188. The molecule has 0 aromatic rings. The van der Waals surface area contributed by atoms with Gasteiger partial charge in [0, 0.05) is 12.1 Å². The minimum Gasteiger partial charge on any atom is -0.395 e. The molecule has 0 aromatic heterocycles. The van der Waals surface area contributed by atoms with Gasteiger partial charge < -0.3 is 10.4 Å². The van der Waals surface area contributed by atoms with Gasteiger partial charge in [-0.1, -0.05) is 12.8 Å². The van der Waals surface area contributed by atoms with Gasteiger partial charge in [-0.25, -0.2) is 0 Å². The first-order valence-electron chi connectivity index (χ1n) is 5.04. The summed E-state index contributed by atoms with van der Waals surface area (Å²) in [6, 6.07) is 2.74. The first-order chi connectivity index (χ1) is 6.27. The predicted molar refractivity (Wildman–Crippen MR) is 51.0 cm³/mol. The topological polar surface area (TPSA) is 56.0 Å². The highest BCUT2D eigenvalue weighted by Gasteiger charge is 2.25. The van der Waals surface area contributed by atoms with Crippen LogP contribution in [-0.4, -0.2) is 23.8 Å². The molecular formula is C10H18N2O. The summed E-state index contributed by atoms with van der Waals surface area (Å²) in [6.07, 6.45) is 4.45. The van der Waals surface area contributed by atoms with Crippen LogP contribution in [0.3, 0.4) is 0 Å². The number of nitriles is 1. The van der Waals surface area contributed by atoms with Gasteiger partial charge in [0.1, 0.15) is 0 Å². The molecule has 3 atom stereocenters. The van der Waals surface area contributed by atoms with E-state index in [0.717, 1.165) is 12.8 Å². The summed E-state index contributed by atoms with van der Waals surface area (Å²) in [7, 11) is 0. The zero-order valence-corrected chi connectivity index (χ0v) is 8.16. The number of rotatable bonds is 3. The predicted octanol–water partition coefficient (Wildman–Crippen LogP) is 1.04. The second kappa shape index (κ2) is 5.21. The standard InChI is InChI=1S/C10H18N2O/c1-8(7-13)12-10-5-3-2-4-9(10)6-11/h8-10,12-13H,2-5,7H2,1H3. The normalized spacial score (nSPS) is 30.8. The zero-order valence-electron chi connectivity index (χ0n) is 8.16. The van der Waals surface area contributed by atoms with Crippen LogP contribution in [0, 0.1) is 17.2 Å².